The lowest BCUT2D eigenvalue weighted by Gasteiger charge is -2.22. The summed E-state index contributed by atoms with van der Waals surface area (Å²) in [6.07, 6.45) is 0. The molecule has 0 aliphatic carbocycles. The zero-order valence-electron chi connectivity index (χ0n) is 16.4. The van der Waals surface area contributed by atoms with Gasteiger partial charge in [-0.25, -0.2) is 0 Å². The molecule has 8 nitrogen and oxygen atoms in total. The predicted molar refractivity (Wildman–Crippen MR) is 111 cm³/mol. The van der Waals surface area contributed by atoms with Crippen LogP contribution in [0.15, 0.2) is 72.8 Å². The van der Waals surface area contributed by atoms with E-state index >= 15 is 0 Å². The fourth-order valence-electron chi connectivity index (χ4n) is 3.30. The van der Waals surface area contributed by atoms with Gasteiger partial charge in [0.2, 0.25) is 0 Å². The van der Waals surface area contributed by atoms with Crippen molar-refractivity contribution in [3.05, 3.63) is 83.9 Å². The first kappa shape index (κ1) is 20.5. The van der Waals surface area contributed by atoms with Crippen LogP contribution in [0.1, 0.15) is 20.7 Å². The number of rotatable bonds is 4. The Hall–Kier alpha value is -4.72. The van der Waals surface area contributed by atoms with Crippen molar-refractivity contribution in [2.45, 2.75) is 0 Å². The van der Waals surface area contributed by atoms with Crippen LogP contribution in [-0.4, -0.2) is 11.8 Å². The summed E-state index contributed by atoms with van der Waals surface area (Å²) in [5.74, 6) is -4.82. The van der Waals surface area contributed by atoms with Gasteiger partial charge in [0.25, 0.3) is 11.8 Å². The molecule has 2 N–H and O–H groups in total. The van der Waals surface area contributed by atoms with Crippen LogP contribution in [0.4, 0.5) is 11.4 Å². The van der Waals surface area contributed by atoms with Crippen molar-refractivity contribution in [1.82, 2.24) is 0 Å². The Bertz CT molecular complexity index is 1260. The van der Waals surface area contributed by atoms with Crippen molar-refractivity contribution in [2.24, 2.45) is 0 Å². The molecular weight excluding hydrogens is 412 g/mol. The molecule has 0 aliphatic rings. The molecule has 0 bridgehead atoms. The first-order valence-electron chi connectivity index (χ1n) is 9.45. The van der Waals surface area contributed by atoms with Crippen molar-refractivity contribution in [3.8, 4) is 23.0 Å². The van der Waals surface area contributed by atoms with Crippen molar-refractivity contribution in [1.29, 1.82) is 0 Å². The second-order valence-electron chi connectivity index (χ2n) is 6.88. The summed E-state index contributed by atoms with van der Waals surface area (Å²) in [5, 5.41) is 53.3. The summed E-state index contributed by atoms with van der Waals surface area (Å²) in [6, 6.07) is 17.2. The third kappa shape index (κ3) is 3.72. The van der Waals surface area contributed by atoms with E-state index in [9.17, 15) is 30.0 Å². The highest BCUT2D eigenvalue weighted by Crippen LogP contribution is 2.32. The Morgan fingerprint density at radius 2 is 0.906 bits per heavy atom. The lowest BCUT2D eigenvalue weighted by Crippen LogP contribution is -2.16. The van der Waals surface area contributed by atoms with Crippen LogP contribution >= 0.6 is 0 Å². The molecule has 0 saturated heterocycles. The molecule has 32 heavy (non-hydrogen) atoms. The SMILES string of the molecule is O=C(Nc1cccc2c(NC(=O)c3cccc([O-])c3[O-])cccc12)c1cccc([O-])c1[O-]. The molecule has 8 heteroatoms. The smallest absolute Gasteiger partial charge is 0.255 e. The molecule has 0 atom stereocenters. The quantitative estimate of drug-likeness (QED) is 0.506. The number of para-hydroxylation sites is 2. The molecule has 0 radical (unpaired) electrons. The Kier molecular flexibility index (Phi) is 5.26. The normalized spacial score (nSPS) is 10.6. The van der Waals surface area contributed by atoms with Gasteiger partial charge in [0, 0.05) is 33.3 Å². The minimum Gasteiger partial charge on any atom is -0.873 e. The molecule has 0 aliphatic heterocycles. The van der Waals surface area contributed by atoms with Gasteiger partial charge in [0.1, 0.15) is 0 Å². The van der Waals surface area contributed by atoms with Gasteiger partial charge >= 0.3 is 0 Å². The molecular formula is C24H14N2O6-4. The maximum Gasteiger partial charge on any atom is 0.255 e. The standard InChI is InChI=1S/C24H18N2O6/c27-19-11-3-7-15(21(19)29)23(31)25-17-9-1-5-13-14(17)6-2-10-18(13)26-24(32)16-8-4-12-20(28)22(16)30/h1-12,27-30H,(H,25,31)(H,26,32)/p-4. The zero-order chi connectivity index (χ0) is 22.8. The minimum atomic E-state index is -0.896. The number of carbonyl (C=O) groups excluding carboxylic acids is 2. The van der Waals surface area contributed by atoms with Crippen molar-refractivity contribution in [3.63, 3.8) is 0 Å². The first-order valence-corrected chi connectivity index (χ1v) is 9.45. The highest BCUT2D eigenvalue weighted by molar-refractivity contribution is 6.15. The topological polar surface area (TPSA) is 150 Å². The lowest BCUT2D eigenvalue weighted by molar-refractivity contribution is -0.317. The van der Waals surface area contributed by atoms with E-state index in [0.29, 0.717) is 22.1 Å². The summed E-state index contributed by atoms with van der Waals surface area (Å²) < 4.78 is 0. The average molecular weight is 426 g/mol. The van der Waals surface area contributed by atoms with Crippen LogP contribution in [0.5, 0.6) is 23.0 Å². The van der Waals surface area contributed by atoms with E-state index in [1.54, 1.807) is 36.4 Å². The van der Waals surface area contributed by atoms with Gasteiger partial charge < -0.3 is 31.1 Å². The molecule has 4 aromatic rings. The number of fused-ring (bicyclic) bond motifs is 1. The van der Waals surface area contributed by atoms with Crippen LogP contribution in [0.25, 0.3) is 10.8 Å². The average Bonchev–Trinajstić information content (AvgIpc) is 2.78. The second-order valence-corrected chi connectivity index (χ2v) is 6.88. The summed E-state index contributed by atoms with van der Waals surface area (Å²) in [7, 11) is 0. The van der Waals surface area contributed by atoms with Gasteiger partial charge in [-0.2, -0.15) is 0 Å². The molecule has 0 unspecified atom stereocenters. The van der Waals surface area contributed by atoms with Crippen LogP contribution < -0.4 is 31.1 Å². The lowest BCUT2D eigenvalue weighted by atomic mass is 10.1. The van der Waals surface area contributed by atoms with E-state index in [2.05, 4.69) is 10.6 Å². The van der Waals surface area contributed by atoms with Gasteiger partial charge in [-0.05, 0) is 12.1 Å². The van der Waals surface area contributed by atoms with E-state index in [1.807, 2.05) is 0 Å². The number of benzene rings is 4. The molecule has 0 fully saturated rings. The number of amides is 2. The van der Waals surface area contributed by atoms with Gasteiger partial charge in [-0.3, -0.25) is 9.59 Å². The highest BCUT2D eigenvalue weighted by Gasteiger charge is 2.13. The molecule has 0 heterocycles. The third-order valence-electron chi connectivity index (χ3n) is 4.87. The third-order valence-corrected chi connectivity index (χ3v) is 4.87. The predicted octanol–water partition coefficient (Wildman–Crippen LogP) is 1.64. The molecule has 4 aromatic carbocycles. The van der Waals surface area contributed by atoms with Crippen molar-refractivity contribution >= 4 is 34.0 Å². The Balaban J connectivity index is 1.67. The fourth-order valence-corrected chi connectivity index (χ4v) is 3.30. The van der Waals surface area contributed by atoms with E-state index in [1.165, 1.54) is 24.3 Å². The summed E-state index contributed by atoms with van der Waals surface area (Å²) >= 11 is 0. The zero-order valence-corrected chi connectivity index (χ0v) is 16.4. The molecule has 0 spiro atoms. The first-order chi connectivity index (χ1) is 15.4. The van der Waals surface area contributed by atoms with Crippen LogP contribution in [0.3, 0.4) is 0 Å². The maximum absolute atomic E-state index is 12.6. The van der Waals surface area contributed by atoms with E-state index in [-0.39, 0.29) is 11.1 Å². The number of hydrogen-bond donors (Lipinski definition) is 2. The van der Waals surface area contributed by atoms with Gasteiger partial charge in [-0.1, -0.05) is 60.7 Å². The van der Waals surface area contributed by atoms with Gasteiger partial charge in [0.05, 0.1) is 0 Å². The monoisotopic (exact) mass is 426 g/mol. The fraction of sp³-hybridized carbons (Fsp3) is 0. The van der Waals surface area contributed by atoms with Crippen LogP contribution in [0.2, 0.25) is 0 Å². The summed E-state index contributed by atoms with van der Waals surface area (Å²) in [5.41, 5.74) is 0.148. The number of carbonyl (C=O) groups is 2. The van der Waals surface area contributed by atoms with Gasteiger partial charge in [0.15, 0.2) is 0 Å². The number of nitrogens with one attached hydrogen (secondary N) is 2. The summed E-state index contributed by atoms with van der Waals surface area (Å²) in [4.78, 5) is 25.1. The Labute approximate surface area is 182 Å². The largest absolute Gasteiger partial charge is 0.873 e. The summed E-state index contributed by atoms with van der Waals surface area (Å²) in [6.45, 7) is 0. The van der Waals surface area contributed by atoms with Crippen LogP contribution in [-0.2, 0) is 0 Å². The molecule has 0 aromatic heterocycles. The highest BCUT2D eigenvalue weighted by atomic mass is 16.3. The number of hydrogen-bond acceptors (Lipinski definition) is 6. The van der Waals surface area contributed by atoms with Crippen LogP contribution in [0, 0.1) is 0 Å². The van der Waals surface area contributed by atoms with E-state index in [4.69, 9.17) is 0 Å². The molecule has 2 amide bonds. The maximum atomic E-state index is 12.6. The van der Waals surface area contributed by atoms with E-state index in [0.717, 1.165) is 12.1 Å². The Morgan fingerprint density at radius 1 is 0.531 bits per heavy atom. The molecule has 0 saturated carbocycles. The number of anilines is 2. The molecule has 4 rings (SSSR count). The van der Waals surface area contributed by atoms with Crippen molar-refractivity contribution in [2.75, 3.05) is 10.6 Å². The second kappa shape index (κ2) is 8.19. The van der Waals surface area contributed by atoms with Crippen molar-refractivity contribution < 1.29 is 30.0 Å². The molecule has 160 valence electrons. The van der Waals surface area contributed by atoms with Gasteiger partial charge in [-0.15, -0.1) is 23.0 Å². The minimum absolute atomic E-state index is 0.278. The Morgan fingerprint density at radius 3 is 1.31 bits per heavy atom. The van der Waals surface area contributed by atoms with E-state index < -0.39 is 34.8 Å².